The number of hydrogen-bond donors (Lipinski definition) is 2. The van der Waals surface area contributed by atoms with E-state index < -0.39 is 0 Å². The van der Waals surface area contributed by atoms with Gasteiger partial charge in [0.2, 0.25) is 0 Å². The Balaban J connectivity index is 1.32. The number of aromatic nitrogens is 3. The van der Waals surface area contributed by atoms with E-state index in [1.54, 1.807) is 0 Å². The number of benzene rings is 1. The van der Waals surface area contributed by atoms with Crippen molar-refractivity contribution >= 4 is 28.8 Å². The van der Waals surface area contributed by atoms with Crippen molar-refractivity contribution in [3.8, 4) is 0 Å². The van der Waals surface area contributed by atoms with E-state index in [1.807, 2.05) is 30.6 Å². The van der Waals surface area contributed by atoms with Gasteiger partial charge in [-0.05, 0) is 31.7 Å². The molecule has 2 aliphatic heterocycles. The van der Waals surface area contributed by atoms with Crippen LogP contribution in [0.2, 0.25) is 0 Å². The van der Waals surface area contributed by atoms with E-state index in [9.17, 15) is 0 Å². The largest absolute Gasteiger partial charge is 0.361 e. The maximum Gasteiger partial charge on any atom is 0.158 e. The minimum atomic E-state index is -0.165. The van der Waals surface area contributed by atoms with Crippen LogP contribution in [-0.2, 0) is 15.9 Å². The van der Waals surface area contributed by atoms with Gasteiger partial charge in [0.25, 0.3) is 0 Å². The molecule has 1 aromatic carbocycles. The smallest absolute Gasteiger partial charge is 0.158 e. The second-order valence-electron chi connectivity index (χ2n) is 8.30. The van der Waals surface area contributed by atoms with Gasteiger partial charge in [0.1, 0.15) is 11.6 Å². The van der Waals surface area contributed by atoms with Crippen molar-refractivity contribution in [2.75, 3.05) is 36.6 Å². The SMILES string of the molecule is C(=N\Nc1cc(N2CCCCC2)nc(CCC2OCCCO2)n1)/c1c[nH]c2ccccc12. The predicted molar refractivity (Wildman–Crippen MR) is 126 cm³/mol. The Kier molecular flexibility index (Phi) is 6.60. The number of nitrogens with one attached hydrogen (secondary N) is 2. The van der Waals surface area contributed by atoms with E-state index in [0.29, 0.717) is 12.2 Å². The Morgan fingerprint density at radius 2 is 1.94 bits per heavy atom. The van der Waals surface area contributed by atoms with Crippen LogP contribution in [0.5, 0.6) is 0 Å². The van der Waals surface area contributed by atoms with Gasteiger partial charge < -0.3 is 19.4 Å². The Morgan fingerprint density at radius 1 is 1.09 bits per heavy atom. The first kappa shape index (κ1) is 20.9. The number of aromatic amines is 1. The number of piperidine rings is 1. The lowest BCUT2D eigenvalue weighted by Crippen LogP contribution is -2.30. The lowest BCUT2D eigenvalue weighted by atomic mass is 10.1. The van der Waals surface area contributed by atoms with Gasteiger partial charge in [-0.25, -0.2) is 9.97 Å². The third-order valence-corrected chi connectivity index (χ3v) is 5.94. The Hall–Kier alpha value is -2.97. The number of para-hydroxylation sites is 1. The molecule has 32 heavy (non-hydrogen) atoms. The van der Waals surface area contributed by atoms with Crippen molar-refractivity contribution in [2.24, 2.45) is 5.10 Å². The number of nitrogens with zero attached hydrogens (tertiary/aromatic N) is 4. The second kappa shape index (κ2) is 10.1. The van der Waals surface area contributed by atoms with Gasteiger partial charge in [-0.2, -0.15) is 5.10 Å². The fraction of sp³-hybridized carbons (Fsp3) is 0.458. The van der Waals surface area contributed by atoms with Crippen molar-refractivity contribution in [3.05, 3.63) is 47.9 Å². The molecule has 0 unspecified atom stereocenters. The molecule has 2 N–H and O–H groups in total. The molecular formula is C24H30N6O2. The highest BCUT2D eigenvalue weighted by Crippen LogP contribution is 2.22. The normalized spacial score (nSPS) is 17.9. The van der Waals surface area contributed by atoms with E-state index in [1.165, 1.54) is 19.3 Å². The molecule has 2 fully saturated rings. The van der Waals surface area contributed by atoms with Crippen LogP contribution in [0.25, 0.3) is 10.9 Å². The standard InChI is InChI=1S/C24H30N6O2/c1-4-11-30(12-5-1)23-15-22(27-21(28-23)9-10-24-31-13-6-14-32-24)29-26-17-18-16-25-20-8-3-2-7-19(18)20/h2-3,7-8,15-17,24-25H,1,4-6,9-14H2,(H,27,28,29)/b26-17+. The van der Waals surface area contributed by atoms with Crippen LogP contribution in [0.1, 0.15) is 43.5 Å². The summed E-state index contributed by atoms with van der Waals surface area (Å²) in [5.41, 5.74) is 5.25. The number of hydrazone groups is 1. The molecule has 0 radical (unpaired) electrons. The first-order chi connectivity index (χ1) is 15.8. The average Bonchev–Trinajstić information content (AvgIpc) is 3.27. The molecule has 3 aromatic rings. The van der Waals surface area contributed by atoms with Crippen LogP contribution in [0, 0.1) is 0 Å². The van der Waals surface area contributed by atoms with Gasteiger partial charge in [-0.3, -0.25) is 5.43 Å². The Bertz CT molecular complexity index is 1050. The zero-order valence-corrected chi connectivity index (χ0v) is 18.3. The molecule has 2 aliphatic rings. The Labute approximate surface area is 188 Å². The number of ether oxygens (including phenoxy) is 2. The van der Waals surface area contributed by atoms with Crippen molar-refractivity contribution in [2.45, 2.75) is 44.8 Å². The van der Waals surface area contributed by atoms with Crippen LogP contribution in [-0.4, -0.2) is 53.8 Å². The van der Waals surface area contributed by atoms with Gasteiger partial charge >= 0.3 is 0 Å². The van der Waals surface area contributed by atoms with Gasteiger partial charge in [0.15, 0.2) is 12.1 Å². The van der Waals surface area contributed by atoms with Gasteiger partial charge in [0, 0.05) is 54.7 Å². The highest BCUT2D eigenvalue weighted by molar-refractivity contribution is 5.99. The summed E-state index contributed by atoms with van der Waals surface area (Å²) in [6.45, 7) is 3.58. The fourth-order valence-corrected chi connectivity index (χ4v) is 4.26. The molecule has 0 spiro atoms. The number of rotatable bonds is 7. The molecule has 0 aliphatic carbocycles. The van der Waals surface area contributed by atoms with E-state index in [4.69, 9.17) is 19.4 Å². The summed E-state index contributed by atoms with van der Waals surface area (Å²) in [6.07, 6.45) is 9.71. The van der Waals surface area contributed by atoms with Gasteiger partial charge in [-0.1, -0.05) is 18.2 Å². The molecule has 5 rings (SSSR count). The Morgan fingerprint density at radius 3 is 2.81 bits per heavy atom. The van der Waals surface area contributed by atoms with Crippen molar-refractivity contribution < 1.29 is 9.47 Å². The summed E-state index contributed by atoms with van der Waals surface area (Å²) in [5.74, 6) is 2.46. The molecule has 8 nitrogen and oxygen atoms in total. The van der Waals surface area contributed by atoms with Crippen LogP contribution >= 0.6 is 0 Å². The monoisotopic (exact) mass is 434 g/mol. The molecule has 8 heteroatoms. The number of H-pyrrole nitrogens is 1. The maximum atomic E-state index is 5.69. The fourth-order valence-electron chi connectivity index (χ4n) is 4.26. The first-order valence-electron chi connectivity index (χ1n) is 11.6. The van der Waals surface area contributed by atoms with Crippen molar-refractivity contribution in [1.29, 1.82) is 0 Å². The third kappa shape index (κ3) is 5.08. The molecule has 4 heterocycles. The van der Waals surface area contributed by atoms with E-state index in [-0.39, 0.29) is 6.29 Å². The zero-order chi connectivity index (χ0) is 21.6. The predicted octanol–water partition coefficient (Wildman–Crippen LogP) is 4.09. The highest BCUT2D eigenvalue weighted by Gasteiger charge is 2.18. The van der Waals surface area contributed by atoms with Crippen molar-refractivity contribution in [1.82, 2.24) is 15.0 Å². The molecule has 0 amide bonds. The van der Waals surface area contributed by atoms with Crippen molar-refractivity contribution in [3.63, 3.8) is 0 Å². The molecule has 0 bridgehead atoms. The van der Waals surface area contributed by atoms with Gasteiger partial charge in [0.05, 0.1) is 19.4 Å². The molecule has 168 valence electrons. The maximum absolute atomic E-state index is 5.69. The number of aryl methyl sites for hydroxylation is 1. The minimum absolute atomic E-state index is 0.165. The molecule has 0 saturated carbocycles. The van der Waals surface area contributed by atoms with Gasteiger partial charge in [-0.15, -0.1) is 0 Å². The number of anilines is 2. The zero-order valence-electron chi connectivity index (χ0n) is 18.3. The summed E-state index contributed by atoms with van der Waals surface area (Å²) in [7, 11) is 0. The third-order valence-electron chi connectivity index (χ3n) is 5.94. The summed E-state index contributed by atoms with van der Waals surface area (Å²) in [5, 5.41) is 5.60. The molecule has 2 saturated heterocycles. The lowest BCUT2D eigenvalue weighted by molar-refractivity contribution is -0.180. The number of hydrogen-bond acceptors (Lipinski definition) is 7. The first-order valence-corrected chi connectivity index (χ1v) is 11.6. The summed E-state index contributed by atoms with van der Waals surface area (Å²) >= 11 is 0. The summed E-state index contributed by atoms with van der Waals surface area (Å²) in [4.78, 5) is 15.2. The summed E-state index contributed by atoms with van der Waals surface area (Å²) in [6, 6.07) is 10.2. The van der Waals surface area contributed by atoms with E-state index >= 15 is 0 Å². The lowest BCUT2D eigenvalue weighted by Gasteiger charge is -2.28. The second-order valence-corrected chi connectivity index (χ2v) is 8.30. The number of fused-ring (bicyclic) bond motifs is 1. The van der Waals surface area contributed by atoms with E-state index in [2.05, 4.69) is 32.5 Å². The quantitative estimate of drug-likeness (QED) is 0.430. The molecule has 2 aromatic heterocycles. The van der Waals surface area contributed by atoms with E-state index in [0.717, 1.165) is 67.3 Å². The summed E-state index contributed by atoms with van der Waals surface area (Å²) < 4.78 is 11.4. The van der Waals surface area contributed by atoms with Crippen LogP contribution in [0.4, 0.5) is 11.6 Å². The molecule has 0 atom stereocenters. The topological polar surface area (TPSA) is 87.7 Å². The highest BCUT2D eigenvalue weighted by atomic mass is 16.7. The minimum Gasteiger partial charge on any atom is -0.361 e. The van der Waals surface area contributed by atoms with Crippen LogP contribution in [0.15, 0.2) is 41.6 Å². The average molecular weight is 435 g/mol. The van der Waals surface area contributed by atoms with Crippen LogP contribution < -0.4 is 10.3 Å². The van der Waals surface area contributed by atoms with Crippen LogP contribution in [0.3, 0.4) is 0 Å². The molecular weight excluding hydrogens is 404 g/mol.